The van der Waals surface area contributed by atoms with Gasteiger partial charge in [-0.3, -0.25) is 8.97 Å². The molecule has 2 saturated heterocycles. The number of rotatable bonds is 3. The number of para-hydroxylation sites is 3. The van der Waals surface area contributed by atoms with Crippen molar-refractivity contribution in [1.29, 1.82) is 0 Å². The van der Waals surface area contributed by atoms with Crippen LogP contribution in [-0.2, 0) is 18.6 Å². The SMILES string of the molecule is CC1(C)OB(c2ccc3c(c2)c2cc(B4OC(C)(C)C(C)(C)O4)ccc2n3-c2nc3ccccc3c3nc4ccccc4n23)OC1(C)C. The molecule has 10 heteroatoms. The third-order valence-electron chi connectivity index (χ3n) is 11.2. The number of nitrogens with zero attached hydrogens (tertiary/aromatic N) is 4. The molecule has 0 spiro atoms. The summed E-state index contributed by atoms with van der Waals surface area (Å²) in [7, 11) is -0.987. The standard InChI is InChI=1S/C38H38B2N4O4/c1-35(2)36(3,4)46-39(45-35)23-17-19-30-26(21-23)27-22-24(40-47-37(5,6)38(7,8)48-40)18-20-31(27)43(30)34-42-28-14-10-9-13-25(28)33-41-29-15-11-12-16-32(29)44(33)34/h9-22H,1-8H3. The summed E-state index contributed by atoms with van der Waals surface area (Å²) >= 11 is 0. The maximum absolute atomic E-state index is 6.50. The Labute approximate surface area is 280 Å². The first-order valence-electron chi connectivity index (χ1n) is 16.7. The van der Waals surface area contributed by atoms with E-state index in [0.29, 0.717) is 0 Å². The molecule has 8 nitrogen and oxygen atoms in total. The maximum atomic E-state index is 6.50. The Morgan fingerprint density at radius 1 is 0.500 bits per heavy atom. The second-order valence-electron chi connectivity index (χ2n) is 15.3. The highest BCUT2D eigenvalue weighted by atomic mass is 16.7. The molecular weight excluding hydrogens is 598 g/mol. The summed E-state index contributed by atoms with van der Waals surface area (Å²) in [6.45, 7) is 16.7. The zero-order valence-electron chi connectivity index (χ0n) is 28.7. The van der Waals surface area contributed by atoms with Gasteiger partial charge in [0.1, 0.15) is 5.65 Å². The summed E-state index contributed by atoms with van der Waals surface area (Å²) in [5, 5.41) is 3.12. The second-order valence-corrected chi connectivity index (χ2v) is 15.3. The molecule has 9 rings (SSSR count). The molecule has 0 N–H and O–H groups in total. The molecule has 0 bridgehead atoms. The largest absolute Gasteiger partial charge is 0.494 e. The first-order chi connectivity index (χ1) is 22.7. The molecule has 0 aliphatic carbocycles. The van der Waals surface area contributed by atoms with E-state index in [1.54, 1.807) is 0 Å². The average molecular weight is 636 g/mol. The van der Waals surface area contributed by atoms with Crippen molar-refractivity contribution in [3.63, 3.8) is 0 Å². The number of hydrogen-bond acceptors (Lipinski definition) is 6. The fourth-order valence-corrected chi connectivity index (χ4v) is 7.00. The summed E-state index contributed by atoms with van der Waals surface area (Å²) in [5.74, 6) is 0.768. The van der Waals surface area contributed by atoms with Gasteiger partial charge in [0.05, 0.1) is 50.0 Å². The second kappa shape index (κ2) is 9.70. The van der Waals surface area contributed by atoms with Gasteiger partial charge in [0, 0.05) is 16.2 Å². The van der Waals surface area contributed by atoms with Crippen LogP contribution in [0.2, 0.25) is 0 Å². The molecular formula is C38H38B2N4O4. The van der Waals surface area contributed by atoms with Crippen molar-refractivity contribution in [1.82, 2.24) is 18.9 Å². The zero-order chi connectivity index (χ0) is 33.4. The predicted octanol–water partition coefficient (Wildman–Crippen LogP) is 6.73. The van der Waals surface area contributed by atoms with Crippen LogP contribution >= 0.6 is 0 Å². The van der Waals surface area contributed by atoms with Crippen LogP contribution in [0.5, 0.6) is 0 Å². The molecule has 0 unspecified atom stereocenters. The lowest BCUT2D eigenvalue weighted by molar-refractivity contribution is 0.00578. The first-order valence-corrected chi connectivity index (χ1v) is 16.7. The molecule has 3 aromatic heterocycles. The summed E-state index contributed by atoms with van der Waals surface area (Å²) in [6, 6.07) is 29.4. The van der Waals surface area contributed by atoms with E-state index >= 15 is 0 Å². The Kier molecular flexibility index (Phi) is 6.04. The van der Waals surface area contributed by atoms with Gasteiger partial charge in [-0.15, -0.1) is 0 Å². The van der Waals surface area contributed by atoms with Crippen LogP contribution in [0, 0.1) is 0 Å². The maximum Gasteiger partial charge on any atom is 0.494 e. The number of imidazole rings is 1. The Morgan fingerprint density at radius 3 is 1.52 bits per heavy atom. The molecule has 0 amide bonds. The van der Waals surface area contributed by atoms with Gasteiger partial charge < -0.3 is 18.6 Å². The van der Waals surface area contributed by atoms with Gasteiger partial charge in [0.15, 0.2) is 0 Å². The molecule has 7 aromatic rings. The third-order valence-corrected chi connectivity index (χ3v) is 11.2. The van der Waals surface area contributed by atoms with Crippen molar-refractivity contribution in [3.8, 4) is 5.95 Å². The topological polar surface area (TPSA) is 72.0 Å². The molecule has 0 radical (unpaired) electrons. The monoisotopic (exact) mass is 636 g/mol. The van der Waals surface area contributed by atoms with E-state index in [0.717, 1.165) is 66.3 Å². The minimum atomic E-state index is -0.493. The number of hydrogen-bond donors (Lipinski definition) is 0. The summed E-state index contributed by atoms with van der Waals surface area (Å²) in [4.78, 5) is 10.4. The Hall–Kier alpha value is -4.21. The average Bonchev–Trinajstić information content (AvgIpc) is 3.71. The van der Waals surface area contributed by atoms with Crippen molar-refractivity contribution in [3.05, 3.63) is 84.9 Å². The van der Waals surface area contributed by atoms with Gasteiger partial charge in [0.25, 0.3) is 0 Å². The highest BCUT2D eigenvalue weighted by Crippen LogP contribution is 2.40. The molecule has 4 aromatic carbocycles. The lowest BCUT2D eigenvalue weighted by atomic mass is 9.77. The quantitative estimate of drug-likeness (QED) is 0.201. The fourth-order valence-electron chi connectivity index (χ4n) is 7.00. The van der Waals surface area contributed by atoms with E-state index < -0.39 is 36.6 Å². The zero-order valence-corrected chi connectivity index (χ0v) is 28.7. The van der Waals surface area contributed by atoms with E-state index in [2.05, 4.69) is 131 Å². The number of fused-ring (bicyclic) bond motifs is 8. The van der Waals surface area contributed by atoms with Crippen LogP contribution < -0.4 is 10.9 Å². The molecule has 48 heavy (non-hydrogen) atoms. The lowest BCUT2D eigenvalue weighted by Crippen LogP contribution is -2.41. The predicted molar refractivity (Wildman–Crippen MR) is 194 cm³/mol. The minimum absolute atomic E-state index is 0.451. The van der Waals surface area contributed by atoms with E-state index in [9.17, 15) is 0 Å². The normalized spacial score (nSPS) is 19.9. The number of aromatic nitrogens is 4. The summed E-state index contributed by atoms with van der Waals surface area (Å²) in [6.07, 6.45) is 0. The van der Waals surface area contributed by atoms with Crippen molar-refractivity contribution < 1.29 is 18.6 Å². The van der Waals surface area contributed by atoms with Gasteiger partial charge >= 0.3 is 14.2 Å². The molecule has 0 saturated carbocycles. The van der Waals surface area contributed by atoms with Crippen LogP contribution in [0.3, 0.4) is 0 Å². The van der Waals surface area contributed by atoms with Gasteiger partial charge in [-0.05, 0) is 103 Å². The minimum Gasteiger partial charge on any atom is -0.399 e. The first kappa shape index (κ1) is 29.9. The van der Waals surface area contributed by atoms with Crippen molar-refractivity contribution in [2.45, 2.75) is 77.8 Å². The van der Waals surface area contributed by atoms with Crippen LogP contribution in [0.1, 0.15) is 55.4 Å². The van der Waals surface area contributed by atoms with Crippen molar-refractivity contribution in [2.24, 2.45) is 0 Å². The summed E-state index contributed by atoms with van der Waals surface area (Å²) in [5.41, 5.74) is 5.82. The van der Waals surface area contributed by atoms with E-state index in [4.69, 9.17) is 28.6 Å². The van der Waals surface area contributed by atoms with Crippen LogP contribution in [0.4, 0.5) is 0 Å². The molecule has 240 valence electrons. The van der Waals surface area contributed by atoms with Gasteiger partial charge in [-0.25, -0.2) is 9.97 Å². The van der Waals surface area contributed by atoms with Crippen LogP contribution in [0.15, 0.2) is 84.9 Å². The van der Waals surface area contributed by atoms with Gasteiger partial charge in [0.2, 0.25) is 5.95 Å². The highest BCUT2D eigenvalue weighted by Gasteiger charge is 2.53. The van der Waals surface area contributed by atoms with E-state index in [1.165, 1.54) is 0 Å². The Morgan fingerprint density at radius 2 is 0.979 bits per heavy atom. The summed E-state index contributed by atoms with van der Waals surface area (Å²) < 4.78 is 30.4. The Balaban J connectivity index is 1.33. The van der Waals surface area contributed by atoms with Crippen LogP contribution in [0.25, 0.3) is 55.3 Å². The highest BCUT2D eigenvalue weighted by molar-refractivity contribution is 6.63. The van der Waals surface area contributed by atoms with E-state index in [-0.39, 0.29) is 0 Å². The molecule has 0 atom stereocenters. The Bertz CT molecular complexity index is 2340. The smallest absolute Gasteiger partial charge is 0.399 e. The fraction of sp³-hybridized carbons (Fsp3) is 0.316. The molecule has 2 fully saturated rings. The lowest BCUT2D eigenvalue weighted by Gasteiger charge is -2.32. The molecule has 2 aliphatic rings. The number of benzene rings is 4. The molecule has 2 aliphatic heterocycles. The van der Waals surface area contributed by atoms with Gasteiger partial charge in [-0.2, -0.15) is 0 Å². The van der Waals surface area contributed by atoms with Crippen molar-refractivity contribution in [2.75, 3.05) is 0 Å². The van der Waals surface area contributed by atoms with Gasteiger partial charge in [-0.1, -0.05) is 48.5 Å². The van der Waals surface area contributed by atoms with Crippen molar-refractivity contribution >= 4 is 74.6 Å². The van der Waals surface area contributed by atoms with Crippen LogP contribution in [-0.4, -0.2) is 55.6 Å². The van der Waals surface area contributed by atoms with E-state index in [1.807, 2.05) is 18.2 Å². The third kappa shape index (κ3) is 4.13. The molecule has 5 heterocycles.